The summed E-state index contributed by atoms with van der Waals surface area (Å²) in [4.78, 5) is 11.0. The molecular formula is C12H24O6. The summed E-state index contributed by atoms with van der Waals surface area (Å²) < 4.78 is 24.7. The Kier molecular flexibility index (Phi) is 13.5. The molecule has 0 unspecified atom stereocenters. The second-order valence-electron chi connectivity index (χ2n) is 3.46. The van der Waals surface area contributed by atoms with Gasteiger partial charge in [0.15, 0.2) is 0 Å². The van der Waals surface area contributed by atoms with Gasteiger partial charge in [-0.25, -0.2) is 4.79 Å². The molecule has 0 aromatic carbocycles. The van der Waals surface area contributed by atoms with Gasteiger partial charge in [-0.05, 0) is 19.8 Å². The van der Waals surface area contributed by atoms with Gasteiger partial charge in [0.05, 0.1) is 26.4 Å². The highest BCUT2D eigenvalue weighted by molar-refractivity contribution is 5.59. The predicted molar refractivity (Wildman–Crippen MR) is 65.7 cm³/mol. The van der Waals surface area contributed by atoms with Crippen LogP contribution >= 0.6 is 0 Å². The van der Waals surface area contributed by atoms with Crippen LogP contribution in [0.15, 0.2) is 0 Å². The van der Waals surface area contributed by atoms with Gasteiger partial charge < -0.3 is 23.7 Å². The first-order valence-corrected chi connectivity index (χ1v) is 6.25. The van der Waals surface area contributed by atoms with Gasteiger partial charge in [-0.1, -0.05) is 0 Å². The number of rotatable bonds is 12. The fraction of sp³-hybridized carbons (Fsp3) is 0.917. The third-order valence-electron chi connectivity index (χ3n) is 1.99. The maximum atomic E-state index is 11.0. The summed E-state index contributed by atoms with van der Waals surface area (Å²) in [5.41, 5.74) is 0. The molecule has 6 nitrogen and oxygen atoms in total. The van der Waals surface area contributed by atoms with Crippen molar-refractivity contribution in [1.82, 2.24) is 0 Å². The van der Waals surface area contributed by atoms with E-state index in [-0.39, 0.29) is 6.61 Å². The molecule has 0 aromatic heterocycles. The Bertz CT molecular complexity index is 185. The molecule has 0 amide bonds. The molecule has 0 spiro atoms. The van der Waals surface area contributed by atoms with Crippen molar-refractivity contribution in [2.75, 3.05) is 53.4 Å². The lowest BCUT2D eigenvalue weighted by atomic mass is 10.3. The lowest BCUT2D eigenvalue weighted by Crippen LogP contribution is -2.12. The highest BCUT2D eigenvalue weighted by Crippen LogP contribution is 1.94. The maximum absolute atomic E-state index is 11.0. The van der Waals surface area contributed by atoms with E-state index < -0.39 is 6.16 Å². The topological polar surface area (TPSA) is 63.2 Å². The average molecular weight is 264 g/mol. The van der Waals surface area contributed by atoms with E-state index in [0.717, 1.165) is 12.8 Å². The summed E-state index contributed by atoms with van der Waals surface area (Å²) in [7, 11) is 1.54. The molecule has 0 aliphatic heterocycles. The van der Waals surface area contributed by atoms with Crippen molar-refractivity contribution in [3.63, 3.8) is 0 Å². The lowest BCUT2D eigenvalue weighted by molar-refractivity contribution is 0.0309. The van der Waals surface area contributed by atoms with Gasteiger partial charge in [0, 0.05) is 20.3 Å². The van der Waals surface area contributed by atoms with Crippen LogP contribution in [0.2, 0.25) is 0 Å². The largest absolute Gasteiger partial charge is 0.508 e. The number of hydrogen-bond donors (Lipinski definition) is 0. The normalized spacial score (nSPS) is 10.3. The van der Waals surface area contributed by atoms with Crippen LogP contribution in [0.3, 0.4) is 0 Å². The molecule has 0 rings (SSSR count). The zero-order chi connectivity index (χ0) is 13.5. The number of carbonyl (C=O) groups excluding carboxylic acids is 1. The molecule has 0 saturated heterocycles. The molecule has 0 fully saturated rings. The Hall–Kier alpha value is -0.850. The number of ether oxygens (including phenoxy) is 5. The lowest BCUT2D eigenvalue weighted by Gasteiger charge is -2.06. The molecule has 0 bridgehead atoms. The van der Waals surface area contributed by atoms with E-state index in [9.17, 15) is 4.79 Å². The average Bonchev–Trinajstić information content (AvgIpc) is 2.37. The molecule has 0 N–H and O–H groups in total. The second kappa shape index (κ2) is 14.2. The molecule has 0 aliphatic rings. The molecule has 0 aliphatic carbocycles. The number of hydrogen-bond acceptors (Lipinski definition) is 6. The molecule has 0 saturated carbocycles. The van der Waals surface area contributed by atoms with Gasteiger partial charge in [-0.15, -0.1) is 0 Å². The fourth-order valence-corrected chi connectivity index (χ4v) is 1.08. The zero-order valence-corrected chi connectivity index (χ0v) is 11.3. The fourth-order valence-electron chi connectivity index (χ4n) is 1.08. The van der Waals surface area contributed by atoms with Gasteiger partial charge >= 0.3 is 6.16 Å². The first kappa shape index (κ1) is 17.2. The summed E-state index contributed by atoms with van der Waals surface area (Å²) >= 11 is 0. The van der Waals surface area contributed by atoms with E-state index in [0.29, 0.717) is 39.6 Å². The van der Waals surface area contributed by atoms with Crippen molar-refractivity contribution >= 4 is 6.16 Å². The Morgan fingerprint density at radius 1 is 0.833 bits per heavy atom. The molecule has 108 valence electrons. The number of methoxy groups -OCH3 is 1. The van der Waals surface area contributed by atoms with Gasteiger partial charge in [0.2, 0.25) is 0 Å². The van der Waals surface area contributed by atoms with Crippen molar-refractivity contribution in [2.24, 2.45) is 0 Å². The van der Waals surface area contributed by atoms with Crippen LogP contribution in [-0.2, 0) is 23.7 Å². The predicted octanol–water partition coefficient (Wildman–Crippen LogP) is 1.62. The summed E-state index contributed by atoms with van der Waals surface area (Å²) in [5.74, 6) is 0. The molecule has 0 aromatic rings. The smallest absolute Gasteiger partial charge is 0.434 e. The Balaban J connectivity index is 3.08. The Morgan fingerprint density at radius 2 is 1.50 bits per heavy atom. The number of carbonyl (C=O) groups is 1. The van der Waals surface area contributed by atoms with Crippen LogP contribution in [0.5, 0.6) is 0 Å². The first-order valence-electron chi connectivity index (χ1n) is 6.25. The van der Waals surface area contributed by atoms with Gasteiger partial charge in [0.1, 0.15) is 6.61 Å². The van der Waals surface area contributed by atoms with E-state index in [1.54, 1.807) is 7.11 Å². The monoisotopic (exact) mass is 264 g/mol. The van der Waals surface area contributed by atoms with E-state index in [1.807, 2.05) is 6.92 Å². The summed E-state index contributed by atoms with van der Waals surface area (Å²) in [6.07, 6.45) is 0.954. The van der Waals surface area contributed by atoms with Gasteiger partial charge in [-0.3, -0.25) is 0 Å². The van der Waals surface area contributed by atoms with E-state index in [1.165, 1.54) is 0 Å². The molecular weight excluding hydrogens is 240 g/mol. The molecule has 6 heteroatoms. The van der Waals surface area contributed by atoms with Crippen LogP contribution in [-0.4, -0.2) is 59.5 Å². The van der Waals surface area contributed by atoms with Crippen LogP contribution in [0, 0.1) is 0 Å². The van der Waals surface area contributed by atoms with Crippen LogP contribution in [0.1, 0.15) is 19.8 Å². The molecule has 0 atom stereocenters. The maximum Gasteiger partial charge on any atom is 0.508 e. The van der Waals surface area contributed by atoms with Crippen LogP contribution in [0.25, 0.3) is 0 Å². The quantitative estimate of drug-likeness (QED) is 0.394. The third-order valence-corrected chi connectivity index (χ3v) is 1.99. The van der Waals surface area contributed by atoms with Crippen molar-refractivity contribution in [2.45, 2.75) is 19.8 Å². The molecule has 0 radical (unpaired) electrons. The summed E-state index contributed by atoms with van der Waals surface area (Å²) in [5, 5.41) is 0. The van der Waals surface area contributed by atoms with Crippen LogP contribution < -0.4 is 0 Å². The second-order valence-corrected chi connectivity index (χ2v) is 3.46. The Morgan fingerprint density at radius 3 is 2.22 bits per heavy atom. The SMILES string of the molecule is CCOCCOCCCCOC(=O)OCCOC. The van der Waals surface area contributed by atoms with E-state index in [2.05, 4.69) is 0 Å². The molecule has 0 heterocycles. The third kappa shape index (κ3) is 13.2. The first-order chi connectivity index (χ1) is 8.81. The van der Waals surface area contributed by atoms with Crippen molar-refractivity contribution in [3.05, 3.63) is 0 Å². The summed E-state index contributed by atoms with van der Waals surface area (Å²) in [6, 6.07) is 0. The van der Waals surface area contributed by atoms with E-state index >= 15 is 0 Å². The highest BCUT2D eigenvalue weighted by Gasteiger charge is 2.02. The van der Waals surface area contributed by atoms with E-state index in [4.69, 9.17) is 23.7 Å². The highest BCUT2D eigenvalue weighted by atomic mass is 16.7. The number of unbranched alkanes of at least 4 members (excludes halogenated alkanes) is 1. The minimum atomic E-state index is -0.649. The summed E-state index contributed by atoms with van der Waals surface area (Å²) in [6.45, 7) is 5.48. The van der Waals surface area contributed by atoms with Crippen molar-refractivity contribution in [3.8, 4) is 0 Å². The van der Waals surface area contributed by atoms with Crippen LogP contribution in [0.4, 0.5) is 4.79 Å². The Labute approximate surface area is 108 Å². The minimum absolute atomic E-state index is 0.218. The van der Waals surface area contributed by atoms with Gasteiger partial charge in [0.25, 0.3) is 0 Å². The van der Waals surface area contributed by atoms with Gasteiger partial charge in [-0.2, -0.15) is 0 Å². The van der Waals surface area contributed by atoms with Crippen molar-refractivity contribution in [1.29, 1.82) is 0 Å². The van der Waals surface area contributed by atoms with Crippen molar-refractivity contribution < 1.29 is 28.5 Å². The minimum Gasteiger partial charge on any atom is -0.434 e. The molecule has 18 heavy (non-hydrogen) atoms. The standard InChI is InChI=1S/C12H24O6/c1-3-15-9-10-16-6-4-5-7-17-12(13)18-11-8-14-2/h3-11H2,1-2H3. The zero-order valence-electron chi connectivity index (χ0n) is 11.3.